The summed E-state index contributed by atoms with van der Waals surface area (Å²) in [6.45, 7) is 3.28. The van der Waals surface area contributed by atoms with Gasteiger partial charge in [-0.2, -0.15) is 0 Å². The third kappa shape index (κ3) is 5.70. The molecule has 10 nitrogen and oxygen atoms in total. The number of aromatic nitrogens is 1. The Kier molecular flexibility index (Phi) is 8.13. The van der Waals surface area contributed by atoms with Gasteiger partial charge in [-0.15, -0.1) is 0 Å². The highest BCUT2D eigenvalue weighted by atomic mass is 32.1. The van der Waals surface area contributed by atoms with Gasteiger partial charge in [-0.1, -0.05) is 47.7 Å². The van der Waals surface area contributed by atoms with E-state index in [1.165, 1.54) is 16.2 Å². The van der Waals surface area contributed by atoms with Crippen LogP contribution in [-0.4, -0.2) is 48.7 Å². The number of benzene rings is 4. The topological polar surface area (TPSA) is 117 Å². The first kappa shape index (κ1) is 30.1. The molecule has 11 heteroatoms. The summed E-state index contributed by atoms with van der Waals surface area (Å²) in [5.41, 5.74) is 2.36. The van der Waals surface area contributed by atoms with Gasteiger partial charge in [-0.25, -0.2) is 4.98 Å². The third-order valence-corrected chi connectivity index (χ3v) is 8.89. The van der Waals surface area contributed by atoms with E-state index in [1.54, 1.807) is 55.6 Å². The standard InChI is InChI=1S/C36H30N2O8S/c1-3-43-28-17-22(9-13-27(28)46-20-21-7-5-4-6-8-21)32-31(33(39)23-10-14-26-29(18-23)45-16-15-44-26)34(40)35(41)38(32)36-37-25-12-11-24(42-2)19-30(25)47-36/h4-14,17-19,32,39H,3,15-16,20H2,1-2H3/b33-31+. The largest absolute Gasteiger partial charge is 0.507 e. The van der Waals surface area contributed by atoms with Crippen molar-refractivity contribution in [1.82, 2.24) is 4.98 Å². The molecule has 1 saturated heterocycles. The van der Waals surface area contributed by atoms with Crippen LogP contribution in [0.4, 0.5) is 5.13 Å². The zero-order valence-electron chi connectivity index (χ0n) is 25.6. The molecule has 2 aliphatic heterocycles. The number of fused-ring (bicyclic) bond motifs is 2. The molecule has 0 spiro atoms. The van der Waals surface area contributed by atoms with Gasteiger partial charge in [0.25, 0.3) is 5.78 Å². The van der Waals surface area contributed by atoms with Crippen LogP contribution < -0.4 is 28.6 Å². The molecule has 1 aromatic heterocycles. The van der Waals surface area contributed by atoms with Crippen molar-refractivity contribution in [3.05, 3.63) is 107 Å². The van der Waals surface area contributed by atoms with Crippen molar-refractivity contribution >= 4 is 44.1 Å². The SMILES string of the molecule is CCOc1cc(C2/C(=C(\O)c3ccc4c(c3)OCCO4)C(=O)C(=O)N2c2nc3ccc(OC)cc3s2)ccc1OCc1ccccc1. The number of carbonyl (C=O) groups is 2. The zero-order chi connectivity index (χ0) is 32.5. The number of ether oxygens (including phenoxy) is 5. The smallest absolute Gasteiger partial charge is 0.301 e. The lowest BCUT2D eigenvalue weighted by molar-refractivity contribution is -0.132. The van der Waals surface area contributed by atoms with Crippen molar-refractivity contribution in [2.75, 3.05) is 31.8 Å². The Balaban J connectivity index is 1.36. The van der Waals surface area contributed by atoms with E-state index in [0.717, 1.165) is 10.3 Å². The van der Waals surface area contributed by atoms with Crippen molar-refractivity contribution in [3.63, 3.8) is 0 Å². The molecule has 0 radical (unpaired) electrons. The molecule has 0 saturated carbocycles. The van der Waals surface area contributed by atoms with Crippen LogP contribution in [0.15, 0.2) is 90.5 Å². The quantitative estimate of drug-likeness (QED) is 0.106. The van der Waals surface area contributed by atoms with Crippen molar-refractivity contribution in [2.24, 2.45) is 0 Å². The highest BCUT2D eigenvalue weighted by Gasteiger charge is 2.48. The minimum Gasteiger partial charge on any atom is -0.507 e. The Morgan fingerprint density at radius 3 is 2.53 bits per heavy atom. The van der Waals surface area contributed by atoms with Crippen LogP contribution in [0, 0.1) is 0 Å². The maximum atomic E-state index is 13.9. The van der Waals surface area contributed by atoms with Gasteiger partial charge < -0.3 is 28.8 Å². The molecule has 238 valence electrons. The Morgan fingerprint density at radius 2 is 1.74 bits per heavy atom. The Labute approximate surface area is 274 Å². The van der Waals surface area contributed by atoms with Crippen LogP contribution in [0.3, 0.4) is 0 Å². The molecule has 1 atom stereocenters. The zero-order valence-corrected chi connectivity index (χ0v) is 26.4. The summed E-state index contributed by atoms with van der Waals surface area (Å²) in [5.74, 6) is 0.515. The number of aliphatic hydroxyl groups excluding tert-OH is 1. The summed E-state index contributed by atoms with van der Waals surface area (Å²) in [6, 6.07) is 24.3. The molecule has 1 N–H and O–H groups in total. The molecule has 1 fully saturated rings. The maximum Gasteiger partial charge on any atom is 0.301 e. The molecule has 0 bridgehead atoms. The third-order valence-electron chi connectivity index (χ3n) is 7.87. The molecular weight excluding hydrogens is 620 g/mol. The van der Waals surface area contributed by atoms with E-state index in [2.05, 4.69) is 0 Å². The Morgan fingerprint density at radius 1 is 0.936 bits per heavy atom. The van der Waals surface area contributed by atoms with Crippen molar-refractivity contribution in [3.8, 4) is 28.7 Å². The summed E-state index contributed by atoms with van der Waals surface area (Å²) in [5, 5.41) is 12.0. The number of Topliss-reactive ketones (excluding diaryl/α,β-unsaturated/α-hetero) is 1. The monoisotopic (exact) mass is 650 g/mol. The van der Waals surface area contributed by atoms with Crippen molar-refractivity contribution in [2.45, 2.75) is 19.6 Å². The Hall–Kier alpha value is -5.55. The van der Waals surface area contributed by atoms with E-state index in [-0.39, 0.29) is 11.3 Å². The fraction of sp³-hybridized carbons (Fsp3) is 0.194. The minimum absolute atomic E-state index is 0.0936. The number of ketones is 1. The number of hydrogen-bond acceptors (Lipinski definition) is 10. The number of aliphatic hydroxyl groups is 1. The molecule has 0 aliphatic carbocycles. The number of hydrogen-bond donors (Lipinski definition) is 1. The first-order valence-corrected chi connectivity index (χ1v) is 15.9. The predicted molar refractivity (Wildman–Crippen MR) is 177 cm³/mol. The lowest BCUT2D eigenvalue weighted by Crippen LogP contribution is -2.29. The second-order valence-electron chi connectivity index (χ2n) is 10.8. The van der Waals surface area contributed by atoms with E-state index in [9.17, 15) is 14.7 Å². The predicted octanol–water partition coefficient (Wildman–Crippen LogP) is 6.68. The number of thiazole rings is 1. The molecule has 5 aromatic rings. The van der Waals surface area contributed by atoms with E-state index in [0.29, 0.717) is 77.0 Å². The molecule has 47 heavy (non-hydrogen) atoms. The highest BCUT2D eigenvalue weighted by molar-refractivity contribution is 7.22. The number of amides is 1. The first-order valence-electron chi connectivity index (χ1n) is 15.0. The van der Waals surface area contributed by atoms with E-state index in [4.69, 9.17) is 28.7 Å². The molecule has 2 aliphatic rings. The van der Waals surface area contributed by atoms with Crippen molar-refractivity contribution in [1.29, 1.82) is 0 Å². The first-order chi connectivity index (χ1) is 22.9. The summed E-state index contributed by atoms with van der Waals surface area (Å²) < 4.78 is 29.6. The second-order valence-corrected chi connectivity index (χ2v) is 11.8. The molecule has 3 heterocycles. The number of nitrogens with zero attached hydrogens (tertiary/aromatic N) is 2. The molecule has 7 rings (SSSR count). The highest BCUT2D eigenvalue weighted by Crippen LogP contribution is 2.47. The van der Waals surface area contributed by atoms with Crippen LogP contribution in [-0.2, 0) is 16.2 Å². The molecule has 1 unspecified atom stereocenters. The summed E-state index contributed by atoms with van der Waals surface area (Å²) in [7, 11) is 1.57. The van der Waals surface area contributed by atoms with Gasteiger partial charge in [-0.05, 0) is 66.6 Å². The Bertz CT molecular complexity index is 2020. The van der Waals surface area contributed by atoms with Gasteiger partial charge in [0.1, 0.15) is 31.3 Å². The van der Waals surface area contributed by atoms with Crippen LogP contribution in [0.5, 0.6) is 28.7 Å². The molecule has 1 amide bonds. The van der Waals surface area contributed by atoms with Crippen LogP contribution in [0.25, 0.3) is 16.0 Å². The lowest BCUT2D eigenvalue weighted by Gasteiger charge is -2.24. The fourth-order valence-corrected chi connectivity index (χ4v) is 6.65. The maximum absolute atomic E-state index is 13.9. The summed E-state index contributed by atoms with van der Waals surface area (Å²) in [4.78, 5) is 33.8. The van der Waals surface area contributed by atoms with Gasteiger partial charge in [0, 0.05) is 5.56 Å². The van der Waals surface area contributed by atoms with E-state index in [1.807, 2.05) is 43.3 Å². The van der Waals surface area contributed by atoms with Gasteiger partial charge in [0.05, 0.1) is 35.5 Å². The number of methoxy groups -OCH3 is 1. The number of rotatable bonds is 9. The fourth-order valence-electron chi connectivity index (χ4n) is 5.63. The molecule has 4 aromatic carbocycles. The number of anilines is 1. The van der Waals surface area contributed by atoms with Crippen molar-refractivity contribution < 1.29 is 38.4 Å². The van der Waals surface area contributed by atoms with Gasteiger partial charge in [0.15, 0.2) is 28.1 Å². The normalized spacial score (nSPS) is 16.8. The molecular formula is C36H30N2O8S. The van der Waals surface area contributed by atoms with Crippen LogP contribution in [0.2, 0.25) is 0 Å². The van der Waals surface area contributed by atoms with E-state index >= 15 is 0 Å². The number of carbonyl (C=O) groups excluding carboxylic acids is 2. The summed E-state index contributed by atoms with van der Waals surface area (Å²) >= 11 is 1.24. The minimum atomic E-state index is -1.03. The van der Waals surface area contributed by atoms with E-state index < -0.39 is 17.7 Å². The van der Waals surface area contributed by atoms with Gasteiger partial charge in [-0.3, -0.25) is 14.5 Å². The lowest BCUT2D eigenvalue weighted by atomic mass is 9.95. The second kappa shape index (κ2) is 12.7. The van der Waals surface area contributed by atoms with Gasteiger partial charge in [0.2, 0.25) is 0 Å². The average molecular weight is 651 g/mol. The summed E-state index contributed by atoms with van der Waals surface area (Å²) in [6.07, 6.45) is 0. The van der Waals surface area contributed by atoms with Crippen LogP contribution >= 0.6 is 11.3 Å². The van der Waals surface area contributed by atoms with Gasteiger partial charge >= 0.3 is 5.91 Å². The average Bonchev–Trinajstić information content (AvgIpc) is 3.64. The van der Waals surface area contributed by atoms with Crippen LogP contribution in [0.1, 0.15) is 29.7 Å².